The largest absolute Gasteiger partial charge is 0.497 e. The summed E-state index contributed by atoms with van der Waals surface area (Å²) in [7, 11) is 1.60. The lowest BCUT2D eigenvalue weighted by molar-refractivity contribution is -0.116. The fourth-order valence-electron chi connectivity index (χ4n) is 3.18. The summed E-state index contributed by atoms with van der Waals surface area (Å²) in [6.45, 7) is 0.883. The minimum absolute atomic E-state index is 0.0366. The lowest BCUT2D eigenvalue weighted by Crippen LogP contribution is -2.36. The predicted octanol–water partition coefficient (Wildman–Crippen LogP) is 3.73. The molecule has 2 aromatic carbocycles. The summed E-state index contributed by atoms with van der Waals surface area (Å²) in [6, 6.07) is 15.3. The normalized spacial score (nSPS) is 13.1. The maximum Gasteiger partial charge on any atom is 0.277 e. The van der Waals surface area contributed by atoms with Crippen molar-refractivity contribution in [3.63, 3.8) is 0 Å². The summed E-state index contributed by atoms with van der Waals surface area (Å²) >= 11 is 1.24. The molecule has 29 heavy (non-hydrogen) atoms. The molecule has 0 N–H and O–H groups in total. The Kier molecular flexibility index (Phi) is 6.00. The van der Waals surface area contributed by atoms with Gasteiger partial charge in [-0.3, -0.25) is 4.79 Å². The van der Waals surface area contributed by atoms with Gasteiger partial charge in [-0.25, -0.2) is 0 Å². The van der Waals surface area contributed by atoms with Crippen molar-refractivity contribution in [3.8, 4) is 11.5 Å². The summed E-state index contributed by atoms with van der Waals surface area (Å²) in [5, 5.41) is 8.33. The number of carbonyl (C=O) groups is 1. The average molecular weight is 411 g/mol. The van der Waals surface area contributed by atoms with E-state index in [-0.39, 0.29) is 18.3 Å². The van der Waals surface area contributed by atoms with Crippen LogP contribution in [-0.4, -0.2) is 35.5 Å². The number of fused-ring (bicyclic) bond motifs is 1. The van der Waals surface area contributed by atoms with Gasteiger partial charge in [0.25, 0.3) is 11.1 Å². The van der Waals surface area contributed by atoms with Crippen LogP contribution in [0.15, 0.2) is 58.2 Å². The smallest absolute Gasteiger partial charge is 0.277 e. The first-order valence-electron chi connectivity index (χ1n) is 9.33. The van der Waals surface area contributed by atoms with Gasteiger partial charge in [0.1, 0.15) is 11.5 Å². The van der Waals surface area contributed by atoms with Gasteiger partial charge in [0, 0.05) is 18.3 Å². The number of rotatable bonds is 7. The number of ether oxygens (including phenoxy) is 2. The zero-order valence-electron chi connectivity index (χ0n) is 16.0. The molecular formula is C21H21N3O4S. The number of thioether (sulfide) groups is 1. The number of hydrogen-bond acceptors (Lipinski definition) is 7. The first-order chi connectivity index (χ1) is 14.2. The molecule has 8 heteroatoms. The Balaban J connectivity index is 1.31. The van der Waals surface area contributed by atoms with E-state index < -0.39 is 0 Å². The number of hydrogen-bond donors (Lipinski definition) is 0. The summed E-state index contributed by atoms with van der Waals surface area (Å²) in [5.41, 5.74) is 2.22. The number of aryl methyl sites for hydroxylation is 1. The van der Waals surface area contributed by atoms with Crippen molar-refractivity contribution in [1.82, 2.24) is 10.2 Å². The Hall–Kier alpha value is -3.00. The summed E-state index contributed by atoms with van der Waals surface area (Å²) in [5.74, 6) is 1.99. The summed E-state index contributed by atoms with van der Waals surface area (Å²) < 4.78 is 16.4. The summed E-state index contributed by atoms with van der Waals surface area (Å²) in [4.78, 5) is 14.5. The predicted molar refractivity (Wildman–Crippen MR) is 109 cm³/mol. The number of amides is 1. The van der Waals surface area contributed by atoms with E-state index in [1.54, 1.807) is 13.2 Å². The molecule has 0 saturated carbocycles. The molecule has 0 atom stereocenters. The summed E-state index contributed by atoms with van der Waals surface area (Å²) in [6.07, 6.45) is 1.98. The number of benzene rings is 2. The molecule has 150 valence electrons. The molecule has 0 fully saturated rings. The fourth-order valence-corrected chi connectivity index (χ4v) is 3.84. The Morgan fingerprint density at radius 3 is 2.93 bits per heavy atom. The molecule has 7 nitrogen and oxygen atoms in total. The second kappa shape index (κ2) is 9.00. The first kappa shape index (κ1) is 19.3. The maximum atomic E-state index is 12.7. The number of para-hydroxylation sites is 1. The van der Waals surface area contributed by atoms with Gasteiger partial charge >= 0.3 is 0 Å². The highest BCUT2D eigenvalue weighted by molar-refractivity contribution is 7.99. The topological polar surface area (TPSA) is 77.7 Å². The van der Waals surface area contributed by atoms with Crippen LogP contribution in [0, 0.1) is 0 Å². The maximum absolute atomic E-state index is 12.7. The van der Waals surface area contributed by atoms with Gasteiger partial charge in [-0.2, -0.15) is 0 Å². The van der Waals surface area contributed by atoms with Crippen molar-refractivity contribution >= 4 is 23.4 Å². The molecule has 1 aliphatic heterocycles. The van der Waals surface area contributed by atoms with Crippen molar-refractivity contribution in [2.24, 2.45) is 0 Å². The third-order valence-corrected chi connectivity index (χ3v) is 5.39. The van der Waals surface area contributed by atoms with E-state index in [4.69, 9.17) is 13.9 Å². The van der Waals surface area contributed by atoms with Gasteiger partial charge < -0.3 is 18.8 Å². The SMILES string of the molecule is COc1cccc(OCc2nnc(SCC(=O)N3CCCc4ccccc43)o2)c1. The van der Waals surface area contributed by atoms with Crippen LogP contribution in [0.5, 0.6) is 11.5 Å². The minimum Gasteiger partial charge on any atom is -0.497 e. The van der Waals surface area contributed by atoms with E-state index in [1.807, 2.05) is 41.3 Å². The van der Waals surface area contributed by atoms with Crippen LogP contribution < -0.4 is 14.4 Å². The van der Waals surface area contributed by atoms with Crippen molar-refractivity contribution in [2.75, 3.05) is 24.3 Å². The van der Waals surface area contributed by atoms with Gasteiger partial charge in [-0.15, -0.1) is 10.2 Å². The molecule has 0 spiro atoms. The van der Waals surface area contributed by atoms with Crippen molar-refractivity contribution in [2.45, 2.75) is 24.7 Å². The number of anilines is 1. The molecule has 0 saturated heterocycles. The van der Waals surface area contributed by atoms with Gasteiger partial charge in [-0.1, -0.05) is 36.0 Å². The fraction of sp³-hybridized carbons (Fsp3) is 0.286. The van der Waals surface area contributed by atoms with Gasteiger partial charge in [0.2, 0.25) is 5.91 Å². The van der Waals surface area contributed by atoms with Gasteiger partial charge in [0.05, 0.1) is 12.9 Å². The van der Waals surface area contributed by atoms with Crippen LogP contribution >= 0.6 is 11.8 Å². The Labute approximate surface area is 173 Å². The van der Waals surface area contributed by atoms with Crippen molar-refractivity contribution in [1.29, 1.82) is 0 Å². The molecule has 3 aromatic rings. The number of nitrogens with zero attached hydrogens (tertiary/aromatic N) is 3. The van der Waals surface area contributed by atoms with E-state index in [0.29, 0.717) is 22.6 Å². The monoisotopic (exact) mass is 411 g/mol. The van der Waals surface area contributed by atoms with Crippen LogP contribution in [0.2, 0.25) is 0 Å². The minimum atomic E-state index is 0.0366. The zero-order valence-corrected chi connectivity index (χ0v) is 16.9. The molecule has 0 unspecified atom stereocenters. The van der Waals surface area contributed by atoms with Crippen LogP contribution in [0.1, 0.15) is 17.9 Å². The molecule has 0 radical (unpaired) electrons. The third kappa shape index (κ3) is 4.71. The molecule has 2 heterocycles. The molecule has 1 aliphatic rings. The molecule has 1 aromatic heterocycles. The van der Waals surface area contributed by atoms with E-state index >= 15 is 0 Å². The second-order valence-corrected chi connectivity index (χ2v) is 7.42. The Morgan fingerprint density at radius 2 is 2.03 bits per heavy atom. The van der Waals surface area contributed by atoms with Crippen LogP contribution in [0.25, 0.3) is 0 Å². The lowest BCUT2D eigenvalue weighted by atomic mass is 10.0. The quantitative estimate of drug-likeness (QED) is 0.548. The van der Waals surface area contributed by atoms with Crippen molar-refractivity contribution < 1.29 is 18.7 Å². The van der Waals surface area contributed by atoms with Crippen LogP contribution in [0.4, 0.5) is 5.69 Å². The highest BCUT2D eigenvalue weighted by Gasteiger charge is 2.22. The average Bonchev–Trinajstić information content (AvgIpc) is 3.23. The first-order valence-corrected chi connectivity index (χ1v) is 10.3. The molecule has 4 rings (SSSR count). The molecular weight excluding hydrogens is 390 g/mol. The van der Waals surface area contributed by atoms with E-state index in [1.165, 1.54) is 17.3 Å². The van der Waals surface area contributed by atoms with Crippen LogP contribution in [0.3, 0.4) is 0 Å². The number of carbonyl (C=O) groups excluding carboxylic acids is 1. The molecule has 1 amide bonds. The third-order valence-electron chi connectivity index (χ3n) is 4.58. The number of methoxy groups -OCH3 is 1. The highest BCUT2D eigenvalue weighted by atomic mass is 32.2. The van der Waals surface area contributed by atoms with Gasteiger partial charge in [0.15, 0.2) is 6.61 Å². The lowest BCUT2D eigenvalue weighted by Gasteiger charge is -2.29. The van der Waals surface area contributed by atoms with E-state index in [2.05, 4.69) is 16.3 Å². The highest BCUT2D eigenvalue weighted by Crippen LogP contribution is 2.28. The van der Waals surface area contributed by atoms with E-state index in [9.17, 15) is 4.79 Å². The second-order valence-electron chi connectivity index (χ2n) is 6.50. The van der Waals surface area contributed by atoms with Crippen LogP contribution in [-0.2, 0) is 17.8 Å². The van der Waals surface area contributed by atoms with Crippen molar-refractivity contribution in [3.05, 3.63) is 60.0 Å². The molecule has 0 aliphatic carbocycles. The zero-order chi connectivity index (χ0) is 20.1. The Bertz CT molecular complexity index is 991. The number of aromatic nitrogens is 2. The van der Waals surface area contributed by atoms with E-state index in [0.717, 1.165) is 25.1 Å². The Morgan fingerprint density at radius 1 is 1.17 bits per heavy atom. The van der Waals surface area contributed by atoms with Gasteiger partial charge in [-0.05, 0) is 36.6 Å². The standard InChI is InChI=1S/C21H21N3O4S/c1-26-16-8-4-9-17(12-16)27-13-19-22-23-21(28-19)29-14-20(25)24-11-5-7-15-6-2-3-10-18(15)24/h2-4,6,8-10,12H,5,7,11,13-14H2,1H3. The molecule has 0 bridgehead atoms.